The number of carboxylic acids is 1. The van der Waals surface area contributed by atoms with Crippen LogP contribution in [0.1, 0.15) is 72.1 Å². The molecule has 1 aromatic carbocycles. The molecular weight excluding hydrogens is 468 g/mol. The lowest BCUT2D eigenvalue weighted by Crippen LogP contribution is -2.15. The summed E-state index contributed by atoms with van der Waals surface area (Å²) >= 11 is 0. The van der Waals surface area contributed by atoms with E-state index in [2.05, 4.69) is 20.4 Å². The fourth-order valence-electron chi connectivity index (χ4n) is 5.49. The number of ether oxygens (including phenoxy) is 1. The smallest absolute Gasteiger partial charge is 0.339 e. The molecule has 1 N–H and O–H groups in total. The zero-order valence-electron chi connectivity index (χ0n) is 20.8. The van der Waals surface area contributed by atoms with Crippen LogP contribution in [0.5, 0.6) is 5.75 Å². The lowest BCUT2D eigenvalue weighted by atomic mass is 9.90. The lowest BCUT2D eigenvalue weighted by molar-refractivity contribution is 0.0695. The summed E-state index contributed by atoms with van der Waals surface area (Å²) in [6.45, 7) is 0.730. The third-order valence-electron chi connectivity index (χ3n) is 7.53. The predicted octanol–water partition coefficient (Wildman–Crippen LogP) is 4.99. The quantitative estimate of drug-likeness (QED) is 0.364. The van der Waals surface area contributed by atoms with Crippen LogP contribution >= 0.6 is 0 Å². The van der Waals surface area contributed by atoms with Crippen molar-refractivity contribution in [3.05, 3.63) is 72.1 Å². The second-order valence-electron chi connectivity index (χ2n) is 10.2. The van der Waals surface area contributed by atoms with Crippen molar-refractivity contribution >= 4 is 5.97 Å². The molecule has 2 aliphatic carbocycles. The van der Waals surface area contributed by atoms with Crippen LogP contribution in [0.4, 0.5) is 0 Å². The van der Waals surface area contributed by atoms with Gasteiger partial charge < -0.3 is 9.84 Å². The van der Waals surface area contributed by atoms with Gasteiger partial charge in [-0.1, -0.05) is 36.6 Å². The summed E-state index contributed by atoms with van der Waals surface area (Å²) in [6.07, 6.45) is 14.1. The fourth-order valence-corrected chi connectivity index (χ4v) is 5.49. The highest BCUT2D eigenvalue weighted by Crippen LogP contribution is 2.55. The number of benzene rings is 1. The van der Waals surface area contributed by atoms with E-state index in [4.69, 9.17) is 4.74 Å². The highest BCUT2D eigenvalue weighted by atomic mass is 16.5. The lowest BCUT2D eigenvalue weighted by Gasteiger charge is -2.21. The molecule has 3 heterocycles. The van der Waals surface area contributed by atoms with Crippen LogP contribution in [0.25, 0.3) is 16.8 Å². The van der Waals surface area contributed by atoms with Crippen molar-refractivity contribution in [1.29, 1.82) is 0 Å². The SMILES string of the molecule is Cn1cc(C2CC2c2c(C(=O)O)cnn2-c2cccc(-c3cncc(OCC4CCCCC4)c3)c2)nn1. The molecule has 2 unspecified atom stereocenters. The minimum Gasteiger partial charge on any atom is -0.492 e. The monoisotopic (exact) mass is 498 g/mol. The standard InChI is InChI=1S/C28H30N6O3/c1-33-16-26(31-32-33)23-12-24(23)27-25(28(35)36)15-30-34(27)21-9-5-8-19(10-21)20-11-22(14-29-13-20)37-17-18-6-3-2-4-7-18/h5,8-11,13-16,18,23-24H,2-4,6-7,12,17H2,1H3,(H,35,36). The largest absolute Gasteiger partial charge is 0.492 e. The van der Waals surface area contributed by atoms with E-state index in [9.17, 15) is 9.90 Å². The Morgan fingerprint density at radius 2 is 1.95 bits per heavy atom. The highest BCUT2D eigenvalue weighted by molar-refractivity contribution is 5.89. The molecule has 0 bridgehead atoms. The van der Waals surface area contributed by atoms with E-state index in [-0.39, 0.29) is 17.4 Å². The van der Waals surface area contributed by atoms with Gasteiger partial charge in [-0.2, -0.15) is 5.10 Å². The number of nitrogens with zero attached hydrogens (tertiary/aromatic N) is 6. The van der Waals surface area contributed by atoms with Crippen LogP contribution in [0.3, 0.4) is 0 Å². The Labute approximate surface area is 215 Å². The molecule has 4 aromatic rings. The van der Waals surface area contributed by atoms with Crippen LogP contribution in [0.15, 0.2) is 55.1 Å². The van der Waals surface area contributed by atoms with E-state index < -0.39 is 5.97 Å². The maximum absolute atomic E-state index is 12.0. The van der Waals surface area contributed by atoms with Gasteiger partial charge >= 0.3 is 5.97 Å². The van der Waals surface area contributed by atoms with Gasteiger partial charge in [0.05, 0.1) is 36.1 Å². The summed E-state index contributed by atoms with van der Waals surface area (Å²) in [7, 11) is 1.83. The van der Waals surface area contributed by atoms with Crippen molar-refractivity contribution in [2.75, 3.05) is 6.61 Å². The normalized spacial score (nSPS) is 19.6. The molecule has 0 amide bonds. The number of pyridine rings is 1. The summed E-state index contributed by atoms with van der Waals surface area (Å²) in [5.74, 6) is 0.565. The number of carboxylic acid groups (broad SMARTS) is 1. The summed E-state index contributed by atoms with van der Waals surface area (Å²) in [4.78, 5) is 16.5. The van der Waals surface area contributed by atoms with Gasteiger partial charge in [0, 0.05) is 36.8 Å². The van der Waals surface area contributed by atoms with E-state index in [1.54, 1.807) is 15.6 Å². The molecular formula is C28H30N6O3. The maximum atomic E-state index is 12.0. The molecule has 3 aromatic heterocycles. The maximum Gasteiger partial charge on any atom is 0.339 e. The number of hydrogen-bond donors (Lipinski definition) is 1. The first-order valence-electron chi connectivity index (χ1n) is 12.9. The number of hydrogen-bond acceptors (Lipinski definition) is 6. The average Bonchev–Trinajstić information content (AvgIpc) is 3.37. The zero-order chi connectivity index (χ0) is 25.4. The molecule has 2 atom stereocenters. The first kappa shape index (κ1) is 23.4. The van der Waals surface area contributed by atoms with Gasteiger partial charge in [-0.15, -0.1) is 5.10 Å². The van der Waals surface area contributed by atoms with E-state index >= 15 is 0 Å². The van der Waals surface area contributed by atoms with Crippen molar-refractivity contribution in [3.63, 3.8) is 0 Å². The summed E-state index contributed by atoms with van der Waals surface area (Å²) in [5.41, 5.74) is 4.51. The molecule has 2 fully saturated rings. The first-order chi connectivity index (χ1) is 18.1. The Bertz CT molecular complexity index is 1420. The summed E-state index contributed by atoms with van der Waals surface area (Å²) in [6, 6.07) is 9.96. The molecule has 190 valence electrons. The van der Waals surface area contributed by atoms with Gasteiger partial charge in [0.1, 0.15) is 11.3 Å². The molecule has 0 saturated heterocycles. The number of carbonyl (C=O) groups is 1. The van der Waals surface area contributed by atoms with Crippen molar-refractivity contribution in [3.8, 4) is 22.6 Å². The number of rotatable bonds is 8. The van der Waals surface area contributed by atoms with E-state index in [1.807, 2.05) is 49.8 Å². The summed E-state index contributed by atoms with van der Waals surface area (Å²) in [5, 5.41) is 22.6. The molecule has 9 heteroatoms. The molecule has 2 saturated carbocycles. The minimum atomic E-state index is -0.978. The van der Waals surface area contributed by atoms with Gasteiger partial charge in [0.2, 0.25) is 0 Å². The topological polar surface area (TPSA) is 108 Å². The van der Waals surface area contributed by atoms with Crippen LogP contribution in [-0.2, 0) is 7.05 Å². The van der Waals surface area contributed by atoms with Crippen LogP contribution in [0.2, 0.25) is 0 Å². The van der Waals surface area contributed by atoms with Crippen molar-refractivity contribution < 1.29 is 14.6 Å². The van der Waals surface area contributed by atoms with Crippen molar-refractivity contribution in [2.24, 2.45) is 13.0 Å². The van der Waals surface area contributed by atoms with Crippen LogP contribution in [-0.4, -0.2) is 47.4 Å². The second-order valence-corrected chi connectivity index (χ2v) is 10.2. The van der Waals surface area contributed by atoms with Gasteiger partial charge in [-0.05, 0) is 48.9 Å². The Kier molecular flexibility index (Phi) is 6.20. The van der Waals surface area contributed by atoms with E-state index in [0.29, 0.717) is 11.6 Å². The Hall–Kier alpha value is -4.01. The fraction of sp³-hybridized carbons (Fsp3) is 0.393. The summed E-state index contributed by atoms with van der Waals surface area (Å²) < 4.78 is 9.53. The molecule has 0 aliphatic heterocycles. The minimum absolute atomic E-state index is 0.0205. The third-order valence-corrected chi connectivity index (χ3v) is 7.53. The number of aromatic carboxylic acids is 1. The van der Waals surface area contributed by atoms with Crippen molar-refractivity contribution in [1.82, 2.24) is 29.8 Å². The Morgan fingerprint density at radius 1 is 1.08 bits per heavy atom. The zero-order valence-corrected chi connectivity index (χ0v) is 20.8. The molecule has 9 nitrogen and oxygen atoms in total. The molecule has 37 heavy (non-hydrogen) atoms. The molecule has 0 spiro atoms. The predicted molar refractivity (Wildman–Crippen MR) is 137 cm³/mol. The van der Waals surface area contributed by atoms with Gasteiger partial charge in [-0.25, -0.2) is 9.48 Å². The van der Waals surface area contributed by atoms with Gasteiger partial charge in [0.15, 0.2) is 0 Å². The Morgan fingerprint density at radius 3 is 2.73 bits per heavy atom. The van der Waals surface area contributed by atoms with Crippen LogP contribution in [0, 0.1) is 5.92 Å². The Balaban J connectivity index is 1.27. The number of aryl methyl sites for hydroxylation is 1. The second kappa shape index (κ2) is 9.80. The molecule has 6 rings (SSSR count). The van der Waals surface area contributed by atoms with E-state index in [1.165, 1.54) is 38.3 Å². The third kappa shape index (κ3) is 4.85. The van der Waals surface area contributed by atoms with Gasteiger partial charge in [0.25, 0.3) is 0 Å². The average molecular weight is 499 g/mol. The molecule has 0 radical (unpaired) electrons. The first-order valence-corrected chi connectivity index (χ1v) is 12.9. The van der Waals surface area contributed by atoms with Crippen molar-refractivity contribution in [2.45, 2.75) is 50.4 Å². The molecule has 2 aliphatic rings. The highest BCUT2D eigenvalue weighted by Gasteiger charge is 2.46. The van der Waals surface area contributed by atoms with Crippen LogP contribution < -0.4 is 4.74 Å². The van der Waals surface area contributed by atoms with Gasteiger partial charge in [-0.3, -0.25) is 9.67 Å². The van der Waals surface area contributed by atoms with E-state index in [0.717, 1.165) is 41.3 Å². The number of aromatic nitrogens is 6.